The summed E-state index contributed by atoms with van der Waals surface area (Å²) >= 11 is 8.85. The largest absolute Gasteiger partial charge is 0.465 e. The van der Waals surface area contributed by atoms with Gasteiger partial charge >= 0.3 is 5.97 Å². The zero-order valence-electron chi connectivity index (χ0n) is 6.67. The van der Waals surface area contributed by atoms with Crippen LogP contribution in [0.4, 0.5) is 0 Å². The van der Waals surface area contributed by atoms with Crippen LogP contribution in [0.25, 0.3) is 9.40 Å². The minimum Gasteiger partial charge on any atom is -0.465 e. The molecular weight excluding hydrogens is 228 g/mol. The van der Waals surface area contributed by atoms with Gasteiger partial charge in [-0.2, -0.15) is 0 Å². The highest BCUT2D eigenvalue weighted by Gasteiger charge is 2.12. The van der Waals surface area contributed by atoms with E-state index in [1.165, 1.54) is 18.4 Å². The average molecular weight is 233 g/mol. The molecule has 5 heteroatoms. The fourth-order valence-electron chi connectivity index (χ4n) is 0.998. The van der Waals surface area contributed by atoms with Crippen LogP contribution in [-0.4, -0.2) is 13.1 Å². The molecule has 0 saturated carbocycles. The van der Waals surface area contributed by atoms with Crippen molar-refractivity contribution in [1.29, 1.82) is 0 Å². The summed E-state index contributed by atoms with van der Waals surface area (Å²) in [4.78, 5) is 11.7. The van der Waals surface area contributed by atoms with E-state index in [0.717, 1.165) is 9.40 Å². The third kappa shape index (κ3) is 1.45. The molecule has 0 aliphatic rings. The lowest BCUT2D eigenvalue weighted by Crippen LogP contribution is -1.96. The van der Waals surface area contributed by atoms with Crippen LogP contribution in [0.5, 0.6) is 0 Å². The Morgan fingerprint density at radius 1 is 1.62 bits per heavy atom. The molecule has 68 valence electrons. The first-order chi connectivity index (χ1) is 6.22. The number of carbonyl (C=O) groups is 1. The van der Waals surface area contributed by atoms with Crippen molar-refractivity contribution in [3.63, 3.8) is 0 Å². The first-order valence-electron chi connectivity index (χ1n) is 3.47. The van der Waals surface area contributed by atoms with Gasteiger partial charge in [-0.3, -0.25) is 0 Å². The number of rotatable bonds is 1. The first-order valence-corrected chi connectivity index (χ1v) is 5.54. The Balaban J connectivity index is 2.56. The molecule has 0 bridgehead atoms. The Morgan fingerprint density at radius 2 is 2.38 bits per heavy atom. The molecule has 0 aliphatic heterocycles. The van der Waals surface area contributed by atoms with E-state index in [-0.39, 0.29) is 5.97 Å². The monoisotopic (exact) mass is 232 g/mol. The lowest BCUT2D eigenvalue weighted by atomic mass is 10.4. The zero-order chi connectivity index (χ0) is 9.42. The van der Waals surface area contributed by atoms with Crippen molar-refractivity contribution in [3.8, 4) is 0 Å². The summed E-state index contributed by atoms with van der Waals surface area (Å²) in [5, 5.41) is 3.51. The van der Waals surface area contributed by atoms with Gasteiger partial charge in [-0.05, 0) is 6.07 Å². The van der Waals surface area contributed by atoms with Crippen LogP contribution in [0, 0.1) is 0 Å². The molecule has 0 aliphatic carbocycles. The van der Waals surface area contributed by atoms with Crippen molar-refractivity contribution < 1.29 is 9.53 Å². The lowest BCUT2D eigenvalue weighted by Gasteiger charge is -1.90. The standard InChI is InChI=1S/C8H5ClO2S2/c1-11-7(10)6-2-4-5(9)3-12-8(4)13-6/h2-3H,1H3. The molecule has 2 rings (SSSR count). The van der Waals surface area contributed by atoms with Gasteiger partial charge in [0.05, 0.1) is 16.1 Å². The van der Waals surface area contributed by atoms with E-state index in [9.17, 15) is 4.79 Å². The van der Waals surface area contributed by atoms with Crippen LogP contribution in [0.15, 0.2) is 11.4 Å². The Kier molecular flexibility index (Phi) is 2.27. The minimum atomic E-state index is -0.301. The van der Waals surface area contributed by atoms with E-state index in [1.807, 2.05) is 5.38 Å². The van der Waals surface area contributed by atoms with Gasteiger partial charge in [0.2, 0.25) is 0 Å². The Bertz CT molecular complexity index is 458. The molecule has 0 aromatic carbocycles. The highest BCUT2D eigenvalue weighted by atomic mass is 35.5. The van der Waals surface area contributed by atoms with Crippen LogP contribution >= 0.6 is 34.3 Å². The molecule has 0 fully saturated rings. The second kappa shape index (κ2) is 3.29. The summed E-state index contributed by atoms with van der Waals surface area (Å²) < 4.78 is 5.67. The molecular formula is C8H5ClO2S2. The Hall–Kier alpha value is -0.580. The average Bonchev–Trinajstić information content (AvgIpc) is 2.67. The van der Waals surface area contributed by atoms with E-state index in [2.05, 4.69) is 4.74 Å². The number of hydrogen-bond acceptors (Lipinski definition) is 4. The molecule has 13 heavy (non-hydrogen) atoms. The Labute approximate surface area is 87.7 Å². The van der Waals surface area contributed by atoms with Crippen LogP contribution in [-0.2, 0) is 4.74 Å². The molecule has 2 aromatic rings. The molecule has 0 saturated heterocycles. The van der Waals surface area contributed by atoms with Crippen LogP contribution < -0.4 is 0 Å². The van der Waals surface area contributed by atoms with Gasteiger partial charge in [0.1, 0.15) is 4.88 Å². The van der Waals surface area contributed by atoms with Gasteiger partial charge in [-0.15, -0.1) is 22.7 Å². The third-order valence-corrected chi connectivity index (χ3v) is 4.29. The zero-order valence-corrected chi connectivity index (χ0v) is 9.05. The predicted molar refractivity (Wildman–Crippen MR) is 56.1 cm³/mol. The number of methoxy groups -OCH3 is 1. The van der Waals surface area contributed by atoms with E-state index in [1.54, 1.807) is 17.4 Å². The topological polar surface area (TPSA) is 26.3 Å². The number of halogens is 1. The summed E-state index contributed by atoms with van der Waals surface area (Å²) in [5.74, 6) is -0.301. The summed E-state index contributed by atoms with van der Waals surface area (Å²) in [6, 6.07) is 1.77. The smallest absolute Gasteiger partial charge is 0.348 e. The molecule has 0 unspecified atom stereocenters. The fourth-order valence-corrected chi connectivity index (χ4v) is 3.45. The number of carbonyl (C=O) groups excluding carboxylic acids is 1. The van der Waals surface area contributed by atoms with Crippen molar-refractivity contribution in [2.45, 2.75) is 0 Å². The maximum Gasteiger partial charge on any atom is 0.348 e. The van der Waals surface area contributed by atoms with Gasteiger partial charge in [0.25, 0.3) is 0 Å². The van der Waals surface area contributed by atoms with Crippen molar-refractivity contribution in [3.05, 3.63) is 21.3 Å². The molecule has 0 amide bonds. The van der Waals surface area contributed by atoms with Crippen molar-refractivity contribution in [2.75, 3.05) is 7.11 Å². The Morgan fingerprint density at radius 3 is 3.00 bits per heavy atom. The SMILES string of the molecule is COC(=O)c1cc2c(Cl)csc2s1. The first kappa shape index (κ1) is 8.99. The quantitative estimate of drug-likeness (QED) is 0.705. The molecule has 2 nitrogen and oxygen atoms in total. The second-order valence-electron chi connectivity index (χ2n) is 2.39. The maximum absolute atomic E-state index is 11.1. The summed E-state index contributed by atoms with van der Waals surface area (Å²) in [6.07, 6.45) is 0. The second-order valence-corrected chi connectivity index (χ2v) is 4.98. The van der Waals surface area contributed by atoms with Gasteiger partial charge in [-0.1, -0.05) is 11.6 Å². The van der Waals surface area contributed by atoms with E-state index >= 15 is 0 Å². The molecule has 2 aromatic heterocycles. The summed E-state index contributed by atoms with van der Waals surface area (Å²) in [7, 11) is 1.37. The van der Waals surface area contributed by atoms with Crippen molar-refractivity contribution >= 4 is 49.6 Å². The number of hydrogen-bond donors (Lipinski definition) is 0. The van der Waals surface area contributed by atoms with Gasteiger partial charge < -0.3 is 4.74 Å². The fraction of sp³-hybridized carbons (Fsp3) is 0.125. The van der Waals surface area contributed by atoms with E-state index in [0.29, 0.717) is 9.90 Å². The molecule has 0 atom stereocenters. The van der Waals surface area contributed by atoms with Gasteiger partial charge in [-0.25, -0.2) is 4.79 Å². The summed E-state index contributed by atoms with van der Waals surface area (Å²) in [6.45, 7) is 0. The number of thiophene rings is 2. The van der Waals surface area contributed by atoms with Crippen molar-refractivity contribution in [2.24, 2.45) is 0 Å². The van der Waals surface area contributed by atoms with Crippen LogP contribution in [0.2, 0.25) is 5.02 Å². The van der Waals surface area contributed by atoms with Crippen LogP contribution in [0.3, 0.4) is 0 Å². The maximum atomic E-state index is 11.1. The summed E-state index contributed by atoms with van der Waals surface area (Å²) in [5.41, 5.74) is 0. The van der Waals surface area contributed by atoms with Gasteiger partial charge in [0, 0.05) is 10.8 Å². The molecule has 2 heterocycles. The van der Waals surface area contributed by atoms with E-state index in [4.69, 9.17) is 11.6 Å². The van der Waals surface area contributed by atoms with E-state index < -0.39 is 0 Å². The van der Waals surface area contributed by atoms with Crippen LogP contribution in [0.1, 0.15) is 9.67 Å². The van der Waals surface area contributed by atoms with Gasteiger partial charge in [0.15, 0.2) is 0 Å². The minimum absolute atomic E-state index is 0.301. The third-order valence-electron chi connectivity index (χ3n) is 1.61. The highest BCUT2D eigenvalue weighted by molar-refractivity contribution is 7.38. The highest BCUT2D eigenvalue weighted by Crippen LogP contribution is 2.36. The number of ether oxygens (including phenoxy) is 1. The normalized spacial score (nSPS) is 10.6. The number of fused-ring (bicyclic) bond motifs is 1. The molecule has 0 radical (unpaired) electrons. The molecule has 0 N–H and O–H groups in total. The number of esters is 1. The predicted octanol–water partition coefficient (Wildman–Crippen LogP) is 3.40. The van der Waals surface area contributed by atoms with Crippen molar-refractivity contribution in [1.82, 2.24) is 0 Å². The molecule has 0 spiro atoms. The lowest BCUT2D eigenvalue weighted by molar-refractivity contribution is 0.0606.